The monoisotopic (exact) mass is 300 g/mol. The van der Waals surface area contributed by atoms with E-state index in [1.165, 1.54) is 19.3 Å². The fourth-order valence-electron chi connectivity index (χ4n) is 2.34. The molecule has 7 nitrogen and oxygen atoms in total. The molecular formula is C15H20N6O. The molecule has 0 saturated heterocycles. The van der Waals surface area contributed by atoms with E-state index >= 15 is 0 Å². The van der Waals surface area contributed by atoms with Crippen LogP contribution in [0.25, 0.3) is 16.8 Å². The van der Waals surface area contributed by atoms with Gasteiger partial charge in [0.2, 0.25) is 0 Å². The molecule has 0 atom stereocenters. The van der Waals surface area contributed by atoms with Crippen LogP contribution in [-0.2, 0) is 7.05 Å². The number of aromatic amines is 1. The molecule has 0 spiro atoms. The summed E-state index contributed by atoms with van der Waals surface area (Å²) in [5.41, 5.74) is 1.94. The molecule has 0 aromatic carbocycles. The van der Waals surface area contributed by atoms with Gasteiger partial charge in [0.05, 0.1) is 24.3 Å². The van der Waals surface area contributed by atoms with Gasteiger partial charge in [-0.25, -0.2) is 4.52 Å². The smallest absolute Gasteiger partial charge is 0.274 e. The van der Waals surface area contributed by atoms with Crippen molar-refractivity contribution in [2.24, 2.45) is 7.05 Å². The molecule has 0 aliphatic heterocycles. The second-order valence-electron chi connectivity index (χ2n) is 5.48. The van der Waals surface area contributed by atoms with Crippen LogP contribution in [0.15, 0.2) is 35.6 Å². The van der Waals surface area contributed by atoms with Crippen molar-refractivity contribution in [2.45, 2.75) is 25.3 Å². The minimum atomic E-state index is -0.154. The van der Waals surface area contributed by atoms with Crippen LogP contribution in [0.5, 0.6) is 0 Å². The molecule has 2 N–H and O–H groups in total. The number of hydrogen-bond acceptors (Lipinski definition) is 4. The minimum absolute atomic E-state index is 0.154. The zero-order chi connectivity index (χ0) is 15.5. The molecule has 0 radical (unpaired) electrons. The summed E-state index contributed by atoms with van der Waals surface area (Å²) >= 11 is 0. The highest BCUT2D eigenvalue weighted by Crippen LogP contribution is 2.16. The van der Waals surface area contributed by atoms with Crippen molar-refractivity contribution in [1.29, 1.82) is 0 Å². The van der Waals surface area contributed by atoms with Crippen molar-refractivity contribution in [1.82, 2.24) is 29.7 Å². The van der Waals surface area contributed by atoms with Crippen LogP contribution in [0, 0.1) is 0 Å². The van der Waals surface area contributed by atoms with Gasteiger partial charge in [0.15, 0.2) is 0 Å². The third-order valence-corrected chi connectivity index (χ3v) is 3.93. The molecule has 0 amide bonds. The average Bonchev–Trinajstić information content (AvgIpc) is 3.06. The molecular weight excluding hydrogens is 280 g/mol. The van der Waals surface area contributed by atoms with Gasteiger partial charge in [-0.15, -0.1) is 0 Å². The van der Waals surface area contributed by atoms with Crippen LogP contribution < -0.4 is 10.9 Å². The molecule has 1 saturated carbocycles. The molecule has 1 aliphatic rings. The maximum atomic E-state index is 11.7. The molecule has 3 aromatic heterocycles. The van der Waals surface area contributed by atoms with E-state index in [0.29, 0.717) is 11.2 Å². The number of fused-ring (bicyclic) bond motifs is 1. The van der Waals surface area contributed by atoms with E-state index < -0.39 is 0 Å². The molecule has 1 fully saturated rings. The second-order valence-corrected chi connectivity index (χ2v) is 5.48. The Balaban J connectivity index is 0.000000202. The van der Waals surface area contributed by atoms with Crippen molar-refractivity contribution < 1.29 is 0 Å². The lowest BCUT2D eigenvalue weighted by molar-refractivity contribution is 0.361. The van der Waals surface area contributed by atoms with Crippen LogP contribution in [0.2, 0.25) is 0 Å². The first-order valence-electron chi connectivity index (χ1n) is 7.40. The first-order chi connectivity index (χ1) is 10.7. The van der Waals surface area contributed by atoms with Crippen molar-refractivity contribution in [2.75, 3.05) is 7.05 Å². The zero-order valence-corrected chi connectivity index (χ0v) is 12.8. The Bertz CT molecular complexity index is 808. The van der Waals surface area contributed by atoms with Gasteiger partial charge in [-0.1, -0.05) is 6.42 Å². The van der Waals surface area contributed by atoms with E-state index in [1.807, 2.05) is 20.3 Å². The number of aromatic nitrogens is 5. The normalized spacial score (nSPS) is 14.5. The second kappa shape index (κ2) is 6.15. The van der Waals surface area contributed by atoms with Gasteiger partial charge < -0.3 is 10.3 Å². The summed E-state index contributed by atoms with van der Waals surface area (Å²) in [6.07, 6.45) is 11.1. The topological polar surface area (TPSA) is 80.0 Å². The number of hydrogen-bond donors (Lipinski definition) is 2. The van der Waals surface area contributed by atoms with Crippen LogP contribution in [0.3, 0.4) is 0 Å². The molecule has 0 bridgehead atoms. The minimum Gasteiger partial charge on any atom is -0.319 e. The number of rotatable bonds is 2. The van der Waals surface area contributed by atoms with Gasteiger partial charge in [-0.3, -0.25) is 9.48 Å². The summed E-state index contributed by atoms with van der Waals surface area (Å²) in [6, 6.07) is 2.54. The number of nitrogens with one attached hydrogen (secondary N) is 2. The quantitative estimate of drug-likeness (QED) is 0.745. The van der Waals surface area contributed by atoms with Crippen molar-refractivity contribution >= 4 is 5.52 Å². The van der Waals surface area contributed by atoms with Gasteiger partial charge in [-0.05, 0) is 26.0 Å². The fourth-order valence-corrected chi connectivity index (χ4v) is 2.34. The van der Waals surface area contributed by atoms with E-state index in [2.05, 4.69) is 20.5 Å². The zero-order valence-electron chi connectivity index (χ0n) is 12.8. The number of H-pyrrole nitrogens is 1. The van der Waals surface area contributed by atoms with Crippen LogP contribution in [0.1, 0.15) is 19.3 Å². The average molecular weight is 300 g/mol. The van der Waals surface area contributed by atoms with E-state index in [-0.39, 0.29) is 5.56 Å². The Morgan fingerprint density at radius 2 is 2.14 bits per heavy atom. The summed E-state index contributed by atoms with van der Waals surface area (Å²) in [4.78, 5) is 14.5. The van der Waals surface area contributed by atoms with Crippen LogP contribution in [-0.4, -0.2) is 37.5 Å². The predicted octanol–water partition coefficient (Wildman–Crippen LogP) is 1.18. The Labute approximate surface area is 128 Å². The van der Waals surface area contributed by atoms with Crippen molar-refractivity contribution in [3.05, 3.63) is 41.2 Å². The molecule has 116 valence electrons. The summed E-state index contributed by atoms with van der Waals surface area (Å²) in [5.74, 6) is 0. The third-order valence-electron chi connectivity index (χ3n) is 3.93. The number of aryl methyl sites for hydroxylation is 1. The van der Waals surface area contributed by atoms with E-state index in [4.69, 9.17) is 0 Å². The molecule has 3 heterocycles. The van der Waals surface area contributed by atoms with Gasteiger partial charge in [0.1, 0.15) is 5.52 Å². The molecule has 3 aromatic rings. The SMILES string of the molecule is CNC1CCC1.Cn1cc(-c2cn3nccc3c(=O)[nH]2)cn1. The lowest BCUT2D eigenvalue weighted by atomic mass is 9.94. The highest BCUT2D eigenvalue weighted by atomic mass is 16.1. The highest BCUT2D eigenvalue weighted by Gasteiger charge is 2.13. The summed E-state index contributed by atoms with van der Waals surface area (Å²) in [7, 11) is 3.86. The van der Waals surface area contributed by atoms with Gasteiger partial charge in [-0.2, -0.15) is 10.2 Å². The largest absolute Gasteiger partial charge is 0.319 e. The molecule has 22 heavy (non-hydrogen) atoms. The van der Waals surface area contributed by atoms with Crippen molar-refractivity contribution in [3.63, 3.8) is 0 Å². The first-order valence-corrected chi connectivity index (χ1v) is 7.40. The maximum Gasteiger partial charge on any atom is 0.274 e. The lowest BCUT2D eigenvalue weighted by Crippen LogP contribution is -2.31. The molecule has 4 rings (SSSR count). The highest BCUT2D eigenvalue weighted by molar-refractivity contribution is 5.58. The van der Waals surface area contributed by atoms with Gasteiger partial charge in [0.25, 0.3) is 5.56 Å². The standard InChI is InChI=1S/C10H9N5O.C5H11N/c1-14-5-7(4-12-14)8-6-15-9(2-3-11-15)10(16)13-8;1-6-5-3-2-4-5/h2-6H,1H3,(H,13,16);5-6H,2-4H2,1H3. The first kappa shape index (κ1) is 14.5. The van der Waals surface area contributed by atoms with E-state index in [1.54, 1.807) is 33.9 Å². The maximum absolute atomic E-state index is 11.7. The molecule has 0 unspecified atom stereocenters. The lowest BCUT2D eigenvalue weighted by Gasteiger charge is -2.23. The number of nitrogens with zero attached hydrogens (tertiary/aromatic N) is 4. The van der Waals surface area contributed by atoms with Gasteiger partial charge in [0, 0.05) is 24.8 Å². The van der Waals surface area contributed by atoms with Crippen LogP contribution >= 0.6 is 0 Å². The predicted molar refractivity (Wildman–Crippen MR) is 84.7 cm³/mol. The Hall–Kier alpha value is -2.41. The Kier molecular flexibility index (Phi) is 4.06. The van der Waals surface area contributed by atoms with Gasteiger partial charge >= 0.3 is 0 Å². The Morgan fingerprint density at radius 1 is 1.32 bits per heavy atom. The summed E-state index contributed by atoms with van der Waals surface area (Å²) in [6.45, 7) is 0. The van der Waals surface area contributed by atoms with Crippen molar-refractivity contribution in [3.8, 4) is 11.3 Å². The fraction of sp³-hybridized carbons (Fsp3) is 0.400. The van der Waals surface area contributed by atoms with E-state index in [9.17, 15) is 4.79 Å². The Morgan fingerprint density at radius 3 is 2.68 bits per heavy atom. The summed E-state index contributed by atoms with van der Waals surface area (Å²) in [5, 5.41) is 11.3. The molecule has 1 aliphatic carbocycles. The third kappa shape index (κ3) is 2.94. The van der Waals surface area contributed by atoms with E-state index in [0.717, 1.165) is 11.6 Å². The molecule has 7 heteroatoms. The van der Waals surface area contributed by atoms with Crippen LogP contribution in [0.4, 0.5) is 0 Å². The summed E-state index contributed by atoms with van der Waals surface area (Å²) < 4.78 is 3.24.